The highest BCUT2D eigenvalue weighted by molar-refractivity contribution is 9.10. The molecule has 0 saturated heterocycles. The summed E-state index contributed by atoms with van der Waals surface area (Å²) >= 11 is 3.46. The number of hydrogen-bond donors (Lipinski definition) is 0. The molecule has 0 radical (unpaired) electrons. The molecule has 1 amide bonds. The van der Waals surface area contributed by atoms with Gasteiger partial charge in [0.1, 0.15) is 0 Å². The number of amides is 1. The zero-order valence-electron chi connectivity index (χ0n) is 16.8. The molecule has 0 fully saturated rings. The summed E-state index contributed by atoms with van der Waals surface area (Å²) in [6.07, 6.45) is 0.757. The molecular formula is C21H25BrN2O3S. The number of fused-ring (bicyclic) bond motifs is 1. The maximum Gasteiger partial charge on any atom is 0.243 e. The zero-order valence-corrected chi connectivity index (χ0v) is 19.2. The highest BCUT2D eigenvalue weighted by Gasteiger charge is 2.34. The van der Waals surface area contributed by atoms with Crippen LogP contribution in [0.3, 0.4) is 0 Å². The van der Waals surface area contributed by atoms with E-state index in [0.29, 0.717) is 11.1 Å². The molecule has 3 rings (SSSR count). The van der Waals surface area contributed by atoms with Crippen molar-refractivity contribution in [1.82, 2.24) is 4.31 Å². The number of anilines is 1. The summed E-state index contributed by atoms with van der Waals surface area (Å²) in [6.45, 7) is 7.30. The molecule has 2 aromatic rings. The molecule has 0 aromatic heterocycles. The predicted octanol–water partition coefficient (Wildman–Crippen LogP) is 3.97. The molecule has 150 valence electrons. The number of likely N-dealkylation sites (N-methyl/N-ethyl adjacent to an activating group) is 1. The lowest BCUT2D eigenvalue weighted by Crippen LogP contribution is -2.43. The smallest absolute Gasteiger partial charge is 0.243 e. The molecule has 1 aliphatic rings. The van der Waals surface area contributed by atoms with Crippen LogP contribution in [0.2, 0.25) is 0 Å². The van der Waals surface area contributed by atoms with Crippen molar-refractivity contribution in [3.05, 3.63) is 57.1 Å². The zero-order chi connectivity index (χ0) is 20.8. The number of hydrogen-bond acceptors (Lipinski definition) is 3. The third kappa shape index (κ3) is 3.75. The van der Waals surface area contributed by atoms with Gasteiger partial charge in [-0.2, -0.15) is 4.31 Å². The minimum Gasteiger partial charge on any atom is -0.308 e. The summed E-state index contributed by atoms with van der Waals surface area (Å²) in [4.78, 5) is 15.0. The minimum atomic E-state index is -3.76. The SMILES string of the molecule is Cc1cc(C)c(S(=O)(=O)N(C)CC(=O)N2c3ccc(Br)cc3C[C@@H]2C)c(C)c1. The van der Waals surface area contributed by atoms with Crippen molar-refractivity contribution in [3.63, 3.8) is 0 Å². The highest BCUT2D eigenvalue weighted by atomic mass is 79.9. The average Bonchev–Trinajstić information content (AvgIpc) is 2.88. The van der Waals surface area contributed by atoms with Crippen molar-refractivity contribution in [2.45, 2.75) is 45.1 Å². The maximum absolute atomic E-state index is 13.2. The largest absolute Gasteiger partial charge is 0.308 e. The van der Waals surface area contributed by atoms with Crippen LogP contribution >= 0.6 is 15.9 Å². The van der Waals surface area contributed by atoms with Crippen molar-refractivity contribution in [1.29, 1.82) is 0 Å². The maximum atomic E-state index is 13.2. The van der Waals surface area contributed by atoms with Gasteiger partial charge in [-0.3, -0.25) is 4.79 Å². The number of nitrogens with zero attached hydrogens (tertiary/aromatic N) is 2. The Labute approximate surface area is 175 Å². The first-order valence-corrected chi connectivity index (χ1v) is 11.4. The van der Waals surface area contributed by atoms with Crippen molar-refractivity contribution in [2.24, 2.45) is 0 Å². The van der Waals surface area contributed by atoms with E-state index in [1.165, 1.54) is 7.05 Å². The van der Waals surface area contributed by atoms with E-state index in [4.69, 9.17) is 0 Å². The standard InChI is InChI=1S/C21H25BrN2O3S/c1-13-8-14(2)21(15(3)9-13)28(26,27)23(5)12-20(25)24-16(4)10-17-11-18(22)6-7-19(17)24/h6-9,11,16H,10,12H2,1-5H3/t16-/m0/s1. The number of benzene rings is 2. The van der Waals surface area contributed by atoms with E-state index in [1.807, 2.05) is 44.2 Å². The van der Waals surface area contributed by atoms with Gasteiger partial charge in [0.25, 0.3) is 0 Å². The molecule has 0 aliphatic carbocycles. The van der Waals surface area contributed by atoms with Gasteiger partial charge in [-0.1, -0.05) is 33.6 Å². The summed E-state index contributed by atoms with van der Waals surface area (Å²) in [6, 6.07) is 9.52. The quantitative estimate of drug-likeness (QED) is 0.687. The van der Waals surface area contributed by atoms with Gasteiger partial charge < -0.3 is 4.90 Å². The summed E-state index contributed by atoms with van der Waals surface area (Å²) in [7, 11) is -2.30. The van der Waals surface area contributed by atoms with E-state index in [1.54, 1.807) is 18.7 Å². The molecule has 0 unspecified atom stereocenters. The molecule has 5 nitrogen and oxygen atoms in total. The van der Waals surface area contributed by atoms with E-state index >= 15 is 0 Å². The molecule has 1 atom stereocenters. The first kappa shape index (κ1) is 21.0. The summed E-state index contributed by atoms with van der Waals surface area (Å²) in [5.41, 5.74) is 4.35. The third-order valence-electron chi connectivity index (χ3n) is 5.16. The second-order valence-corrected chi connectivity index (χ2v) is 10.5. The lowest BCUT2D eigenvalue weighted by molar-refractivity contribution is -0.118. The van der Waals surface area contributed by atoms with Crippen LogP contribution in [0.25, 0.3) is 0 Å². The first-order valence-electron chi connectivity index (χ1n) is 9.17. The molecular weight excluding hydrogens is 440 g/mol. The molecule has 0 N–H and O–H groups in total. The molecule has 0 bridgehead atoms. The van der Waals surface area contributed by atoms with Crippen LogP contribution in [0.15, 0.2) is 39.7 Å². The van der Waals surface area contributed by atoms with Crippen LogP contribution in [-0.4, -0.2) is 38.3 Å². The van der Waals surface area contributed by atoms with Gasteiger partial charge in [0.2, 0.25) is 15.9 Å². The molecule has 2 aromatic carbocycles. The fraction of sp³-hybridized carbons (Fsp3) is 0.381. The number of carbonyl (C=O) groups is 1. The van der Waals surface area contributed by atoms with Gasteiger partial charge in [-0.25, -0.2) is 8.42 Å². The fourth-order valence-electron chi connectivity index (χ4n) is 4.06. The normalized spacial score (nSPS) is 16.5. The Hall–Kier alpha value is -1.70. The van der Waals surface area contributed by atoms with Crippen molar-refractivity contribution >= 4 is 37.5 Å². The van der Waals surface area contributed by atoms with Crippen LogP contribution in [0, 0.1) is 20.8 Å². The van der Waals surface area contributed by atoms with Crippen LogP contribution in [0.4, 0.5) is 5.69 Å². The first-order chi connectivity index (χ1) is 13.0. The molecule has 7 heteroatoms. The van der Waals surface area contributed by atoms with E-state index in [2.05, 4.69) is 15.9 Å². The van der Waals surface area contributed by atoms with Gasteiger partial charge in [0.05, 0.1) is 11.4 Å². The van der Waals surface area contributed by atoms with Crippen molar-refractivity contribution < 1.29 is 13.2 Å². The second kappa shape index (κ2) is 7.61. The van der Waals surface area contributed by atoms with E-state index < -0.39 is 10.0 Å². The Morgan fingerprint density at radius 1 is 1.18 bits per heavy atom. The van der Waals surface area contributed by atoms with E-state index in [0.717, 1.165) is 32.0 Å². The molecule has 1 heterocycles. The molecule has 0 saturated carbocycles. The Morgan fingerprint density at radius 2 is 1.79 bits per heavy atom. The number of sulfonamides is 1. The lowest BCUT2D eigenvalue weighted by Gasteiger charge is -2.26. The Balaban J connectivity index is 1.87. The lowest BCUT2D eigenvalue weighted by atomic mass is 10.1. The number of halogens is 1. The predicted molar refractivity (Wildman–Crippen MR) is 115 cm³/mol. The van der Waals surface area contributed by atoms with Crippen LogP contribution in [-0.2, 0) is 21.2 Å². The Bertz CT molecular complexity index is 1030. The van der Waals surface area contributed by atoms with Gasteiger partial charge in [0, 0.05) is 23.2 Å². The van der Waals surface area contributed by atoms with Crippen LogP contribution in [0.5, 0.6) is 0 Å². The van der Waals surface area contributed by atoms with Gasteiger partial charge >= 0.3 is 0 Å². The summed E-state index contributed by atoms with van der Waals surface area (Å²) in [5.74, 6) is -0.220. The summed E-state index contributed by atoms with van der Waals surface area (Å²) < 4.78 is 28.4. The van der Waals surface area contributed by atoms with Crippen molar-refractivity contribution in [3.8, 4) is 0 Å². The topological polar surface area (TPSA) is 57.7 Å². The number of rotatable bonds is 4. The van der Waals surface area contributed by atoms with Crippen molar-refractivity contribution in [2.75, 3.05) is 18.5 Å². The minimum absolute atomic E-state index is 0.00393. The van der Waals surface area contributed by atoms with Gasteiger partial charge in [-0.15, -0.1) is 0 Å². The monoisotopic (exact) mass is 464 g/mol. The Kier molecular flexibility index (Phi) is 5.71. The van der Waals surface area contributed by atoms with Gasteiger partial charge in [0.15, 0.2) is 0 Å². The number of aryl methyl sites for hydroxylation is 3. The van der Waals surface area contributed by atoms with Gasteiger partial charge in [-0.05, 0) is 69.0 Å². The molecule has 0 spiro atoms. The highest BCUT2D eigenvalue weighted by Crippen LogP contribution is 2.34. The van der Waals surface area contributed by atoms with E-state index in [9.17, 15) is 13.2 Å². The van der Waals surface area contributed by atoms with Crippen LogP contribution < -0.4 is 4.90 Å². The molecule has 1 aliphatic heterocycles. The fourth-order valence-corrected chi connectivity index (χ4v) is 5.99. The van der Waals surface area contributed by atoms with E-state index in [-0.39, 0.29) is 23.4 Å². The third-order valence-corrected chi connectivity index (χ3v) is 7.76. The molecule has 28 heavy (non-hydrogen) atoms. The Morgan fingerprint density at radius 3 is 2.39 bits per heavy atom. The second-order valence-electron chi connectivity index (χ2n) is 7.58. The number of carbonyl (C=O) groups excluding carboxylic acids is 1. The average molecular weight is 465 g/mol. The summed E-state index contributed by atoms with van der Waals surface area (Å²) in [5, 5.41) is 0. The van der Waals surface area contributed by atoms with Crippen LogP contribution in [0.1, 0.15) is 29.2 Å².